The number of rotatable bonds is 7. The summed E-state index contributed by atoms with van der Waals surface area (Å²) in [6, 6.07) is 16.6. The molecule has 1 amide bonds. The smallest absolute Gasteiger partial charge is 0.310 e. The molecule has 8 heteroatoms. The van der Waals surface area contributed by atoms with E-state index in [0.717, 1.165) is 11.1 Å². The van der Waals surface area contributed by atoms with E-state index in [0.29, 0.717) is 16.8 Å². The first kappa shape index (κ1) is 27.9. The van der Waals surface area contributed by atoms with Gasteiger partial charge in [-0.2, -0.15) is 0 Å². The molecule has 39 heavy (non-hydrogen) atoms. The van der Waals surface area contributed by atoms with Crippen molar-refractivity contribution >= 4 is 40.7 Å². The quantitative estimate of drug-likeness (QED) is 0.167. The van der Waals surface area contributed by atoms with Crippen LogP contribution in [0.15, 0.2) is 66.2 Å². The molecule has 1 saturated heterocycles. The molecule has 4 rings (SSSR count). The third-order valence-corrected chi connectivity index (χ3v) is 6.66. The van der Waals surface area contributed by atoms with Crippen LogP contribution in [0.3, 0.4) is 0 Å². The summed E-state index contributed by atoms with van der Waals surface area (Å²) < 4.78 is 10.7. The van der Waals surface area contributed by atoms with Crippen molar-refractivity contribution in [3.8, 4) is 5.75 Å². The highest BCUT2D eigenvalue weighted by Gasteiger charge is 2.47. The number of anilines is 1. The van der Waals surface area contributed by atoms with E-state index in [-0.39, 0.29) is 46.2 Å². The number of nitrogens with zero attached hydrogens (tertiary/aromatic N) is 1. The minimum Gasteiger partial charge on any atom is -0.507 e. The van der Waals surface area contributed by atoms with Crippen LogP contribution in [0.4, 0.5) is 5.69 Å². The monoisotopic (exact) mass is 547 g/mol. The highest BCUT2D eigenvalue weighted by atomic mass is 35.5. The highest BCUT2D eigenvalue weighted by Crippen LogP contribution is 2.44. The SMILES string of the molecule is COc1c(Cl)cc(C)cc1/C(O)=C1\C(=O)C(=O)N(c2ccc(CC(=O)OC(C)C)cc2)C1c1cccc(C)c1. The van der Waals surface area contributed by atoms with Gasteiger partial charge in [0.15, 0.2) is 0 Å². The average molecular weight is 548 g/mol. The van der Waals surface area contributed by atoms with Crippen LogP contribution >= 0.6 is 11.6 Å². The summed E-state index contributed by atoms with van der Waals surface area (Å²) in [4.78, 5) is 40.5. The number of methoxy groups -OCH3 is 1. The summed E-state index contributed by atoms with van der Waals surface area (Å²) in [5, 5.41) is 11.8. The number of ketones is 1. The molecular weight excluding hydrogens is 518 g/mol. The zero-order valence-electron chi connectivity index (χ0n) is 22.4. The molecule has 0 aromatic heterocycles. The summed E-state index contributed by atoms with van der Waals surface area (Å²) >= 11 is 6.37. The van der Waals surface area contributed by atoms with Gasteiger partial charge in [0.05, 0.1) is 41.8 Å². The number of ether oxygens (including phenoxy) is 2. The predicted molar refractivity (Wildman–Crippen MR) is 150 cm³/mol. The molecule has 0 saturated carbocycles. The maximum atomic E-state index is 13.5. The highest BCUT2D eigenvalue weighted by molar-refractivity contribution is 6.51. The summed E-state index contributed by atoms with van der Waals surface area (Å²) in [5.41, 5.74) is 3.61. The molecule has 202 valence electrons. The molecule has 1 heterocycles. The molecule has 1 atom stereocenters. The number of Topliss-reactive ketones (excluding diaryl/α,β-unsaturated/α-hetero) is 1. The lowest BCUT2D eigenvalue weighted by Gasteiger charge is -2.26. The Morgan fingerprint density at radius 2 is 1.72 bits per heavy atom. The van der Waals surface area contributed by atoms with Crippen LogP contribution in [0.1, 0.15) is 47.7 Å². The van der Waals surface area contributed by atoms with Gasteiger partial charge >= 0.3 is 5.97 Å². The maximum absolute atomic E-state index is 13.5. The number of carbonyl (C=O) groups excluding carboxylic acids is 3. The van der Waals surface area contributed by atoms with Crippen molar-refractivity contribution in [2.24, 2.45) is 0 Å². The molecule has 0 spiro atoms. The van der Waals surface area contributed by atoms with Crippen molar-refractivity contribution in [3.05, 3.63) is 99.1 Å². The van der Waals surface area contributed by atoms with Gasteiger partial charge in [-0.3, -0.25) is 19.3 Å². The summed E-state index contributed by atoms with van der Waals surface area (Å²) in [7, 11) is 1.42. The summed E-state index contributed by atoms with van der Waals surface area (Å²) in [5.74, 6) is -2.15. The molecule has 1 aliphatic rings. The molecular formula is C31H30ClNO6. The fraction of sp³-hybridized carbons (Fsp3) is 0.258. The van der Waals surface area contributed by atoms with Crippen molar-refractivity contribution in [1.29, 1.82) is 0 Å². The van der Waals surface area contributed by atoms with Crippen molar-refractivity contribution in [2.75, 3.05) is 12.0 Å². The second kappa shape index (κ2) is 11.3. The summed E-state index contributed by atoms with van der Waals surface area (Å²) in [6.45, 7) is 7.27. The van der Waals surface area contributed by atoms with E-state index in [4.69, 9.17) is 21.1 Å². The fourth-order valence-electron chi connectivity index (χ4n) is 4.76. The van der Waals surface area contributed by atoms with Crippen molar-refractivity contribution in [3.63, 3.8) is 0 Å². The Morgan fingerprint density at radius 3 is 2.33 bits per heavy atom. The normalized spacial score (nSPS) is 16.6. The van der Waals surface area contributed by atoms with E-state index in [1.165, 1.54) is 12.0 Å². The zero-order chi connectivity index (χ0) is 28.4. The Kier molecular flexibility index (Phi) is 8.11. The number of hydrogen-bond donors (Lipinski definition) is 1. The van der Waals surface area contributed by atoms with Crippen molar-refractivity contribution in [2.45, 2.75) is 46.3 Å². The third-order valence-electron chi connectivity index (χ3n) is 6.38. The van der Waals surface area contributed by atoms with E-state index in [2.05, 4.69) is 0 Å². The molecule has 0 aliphatic carbocycles. The van der Waals surface area contributed by atoms with Gasteiger partial charge in [-0.1, -0.05) is 53.6 Å². The van der Waals surface area contributed by atoms with Crippen LogP contribution in [-0.4, -0.2) is 36.0 Å². The number of carbonyl (C=O) groups is 3. The van der Waals surface area contributed by atoms with Crippen molar-refractivity contribution < 1.29 is 29.0 Å². The second-order valence-electron chi connectivity index (χ2n) is 9.79. The second-order valence-corrected chi connectivity index (χ2v) is 10.2. The summed E-state index contributed by atoms with van der Waals surface area (Å²) in [6.07, 6.45) is -0.146. The van der Waals surface area contributed by atoms with E-state index in [9.17, 15) is 19.5 Å². The Morgan fingerprint density at radius 1 is 1.03 bits per heavy atom. The largest absolute Gasteiger partial charge is 0.507 e. The number of halogens is 1. The van der Waals surface area contributed by atoms with Gasteiger partial charge in [-0.25, -0.2) is 0 Å². The number of aryl methyl sites for hydroxylation is 2. The number of aliphatic hydroxyl groups is 1. The molecule has 1 fully saturated rings. The first-order valence-corrected chi connectivity index (χ1v) is 12.9. The molecule has 0 radical (unpaired) electrons. The number of esters is 1. The van der Waals surface area contributed by atoms with Crippen LogP contribution in [-0.2, 0) is 25.5 Å². The molecule has 3 aromatic carbocycles. The standard InChI is InChI=1S/C31H30ClNO6/c1-17(2)39-25(34)16-20-9-11-22(12-10-20)33-27(21-8-6-7-18(3)13-21)26(29(36)31(33)37)28(35)23-14-19(4)15-24(32)30(23)38-5/h6-15,17,27,35H,16H2,1-5H3/b28-26+. The van der Waals surface area contributed by atoms with Gasteiger partial charge in [0.2, 0.25) is 0 Å². The fourth-order valence-corrected chi connectivity index (χ4v) is 5.11. The van der Waals surface area contributed by atoms with E-state index in [1.54, 1.807) is 63.2 Å². The number of aliphatic hydroxyl groups excluding tert-OH is 1. The Hall–Kier alpha value is -4.10. The Labute approximate surface area is 232 Å². The van der Waals surface area contributed by atoms with Gasteiger partial charge < -0.3 is 14.6 Å². The van der Waals surface area contributed by atoms with E-state index < -0.39 is 17.7 Å². The maximum Gasteiger partial charge on any atom is 0.310 e. The van der Waals surface area contributed by atoms with Crippen LogP contribution in [0.5, 0.6) is 5.75 Å². The molecule has 1 N–H and O–H groups in total. The molecule has 3 aromatic rings. The number of benzene rings is 3. The molecule has 7 nitrogen and oxygen atoms in total. The van der Waals surface area contributed by atoms with Crippen LogP contribution in [0.25, 0.3) is 5.76 Å². The number of amides is 1. The van der Waals surface area contributed by atoms with Gasteiger partial charge in [0.25, 0.3) is 11.7 Å². The van der Waals surface area contributed by atoms with Crippen LogP contribution in [0, 0.1) is 13.8 Å². The Bertz CT molecular complexity index is 1470. The average Bonchev–Trinajstić information content (AvgIpc) is 3.13. The minimum atomic E-state index is -0.911. The lowest BCUT2D eigenvalue weighted by atomic mass is 9.93. The third kappa shape index (κ3) is 5.68. The first-order valence-electron chi connectivity index (χ1n) is 12.5. The van der Waals surface area contributed by atoms with E-state index >= 15 is 0 Å². The van der Waals surface area contributed by atoms with Gasteiger partial charge in [0, 0.05) is 5.69 Å². The van der Waals surface area contributed by atoms with Crippen LogP contribution in [0.2, 0.25) is 5.02 Å². The molecule has 1 aliphatic heterocycles. The lowest BCUT2D eigenvalue weighted by Crippen LogP contribution is -2.29. The Balaban J connectivity index is 1.85. The van der Waals surface area contributed by atoms with Gasteiger partial charge in [-0.15, -0.1) is 0 Å². The predicted octanol–water partition coefficient (Wildman–Crippen LogP) is 6.09. The van der Waals surface area contributed by atoms with E-state index in [1.807, 2.05) is 25.1 Å². The topological polar surface area (TPSA) is 93.1 Å². The molecule has 1 unspecified atom stereocenters. The van der Waals surface area contributed by atoms with Crippen molar-refractivity contribution in [1.82, 2.24) is 0 Å². The molecule has 0 bridgehead atoms. The lowest BCUT2D eigenvalue weighted by molar-refractivity contribution is -0.146. The van der Waals surface area contributed by atoms with Gasteiger partial charge in [-0.05, 0) is 68.7 Å². The first-order chi connectivity index (χ1) is 18.5. The number of hydrogen-bond acceptors (Lipinski definition) is 6. The van der Waals surface area contributed by atoms with Crippen LogP contribution < -0.4 is 9.64 Å². The zero-order valence-corrected chi connectivity index (χ0v) is 23.2. The van der Waals surface area contributed by atoms with Gasteiger partial charge in [0.1, 0.15) is 11.5 Å². The minimum absolute atomic E-state index is 0.0739.